The van der Waals surface area contributed by atoms with Crippen LogP contribution in [0.5, 0.6) is 0 Å². The lowest BCUT2D eigenvalue weighted by molar-refractivity contribution is 1.32. The normalized spacial score (nSPS) is 8.93. The van der Waals surface area contributed by atoms with Gasteiger partial charge in [-0.25, -0.2) is 0 Å². The van der Waals surface area contributed by atoms with E-state index in [9.17, 15) is 0 Å². The van der Waals surface area contributed by atoms with Crippen molar-refractivity contribution in [1.82, 2.24) is 0 Å². The van der Waals surface area contributed by atoms with Crippen molar-refractivity contribution in [1.29, 1.82) is 0 Å². The molecule has 0 aliphatic rings. The second-order valence-corrected chi connectivity index (χ2v) is 3.88. The summed E-state index contributed by atoms with van der Waals surface area (Å²) in [5.74, 6) is 6.08. The Bertz CT molecular complexity index is 390. The monoisotopic (exact) mass is 267 g/mol. The molecule has 0 saturated heterocycles. The van der Waals surface area contributed by atoms with Crippen molar-refractivity contribution in [3.8, 4) is 11.8 Å². The summed E-state index contributed by atoms with van der Waals surface area (Å²) in [7, 11) is 0. The number of alkyl halides is 1. The van der Waals surface area contributed by atoms with Gasteiger partial charge in [0.2, 0.25) is 0 Å². The zero-order chi connectivity index (χ0) is 10.4. The van der Waals surface area contributed by atoms with Gasteiger partial charge in [-0.1, -0.05) is 58.2 Å². The van der Waals surface area contributed by atoms with Gasteiger partial charge in [0, 0.05) is 22.9 Å². The van der Waals surface area contributed by atoms with Crippen LogP contribution < -0.4 is 5.73 Å². The van der Waals surface area contributed by atoms with Crippen LogP contribution in [0.15, 0.2) is 24.3 Å². The summed E-state index contributed by atoms with van der Waals surface area (Å²) < 4.78 is 0. The molecule has 72 valence electrons. The highest BCUT2D eigenvalue weighted by molar-refractivity contribution is 9.09. The van der Waals surface area contributed by atoms with Crippen molar-refractivity contribution in [3.05, 3.63) is 35.4 Å². The molecule has 0 bridgehead atoms. The molecule has 0 amide bonds. The third-order valence-electron chi connectivity index (χ3n) is 1.64. The molecular formula is C11H10BrNS. The Morgan fingerprint density at radius 2 is 2.14 bits per heavy atom. The van der Waals surface area contributed by atoms with Gasteiger partial charge in [0.05, 0.1) is 0 Å². The van der Waals surface area contributed by atoms with Crippen LogP contribution >= 0.6 is 28.1 Å². The maximum absolute atomic E-state index is 5.57. The Morgan fingerprint density at radius 1 is 1.43 bits per heavy atom. The highest BCUT2D eigenvalue weighted by Gasteiger charge is 2.00. The summed E-state index contributed by atoms with van der Waals surface area (Å²) in [4.78, 5) is 0.397. The third-order valence-corrected chi connectivity index (χ3v) is 2.25. The predicted octanol–water partition coefficient (Wildman–Crippen LogP) is 2.46. The zero-order valence-corrected chi connectivity index (χ0v) is 9.99. The van der Waals surface area contributed by atoms with Crippen LogP contribution in [0, 0.1) is 11.8 Å². The molecule has 0 aliphatic heterocycles. The molecule has 0 fully saturated rings. The smallest absolute Gasteiger partial charge is 0.105 e. The maximum atomic E-state index is 5.57. The first kappa shape index (κ1) is 11.2. The van der Waals surface area contributed by atoms with Gasteiger partial charge in [-0.3, -0.25) is 0 Å². The molecular weight excluding hydrogens is 258 g/mol. The van der Waals surface area contributed by atoms with Gasteiger partial charge >= 0.3 is 0 Å². The lowest BCUT2D eigenvalue weighted by Gasteiger charge is -2.00. The first-order valence-corrected chi connectivity index (χ1v) is 5.72. The van der Waals surface area contributed by atoms with E-state index in [1.807, 2.05) is 24.3 Å². The Kier molecular flexibility index (Phi) is 4.64. The number of nitrogens with two attached hydrogens (primary N) is 1. The number of thiocarbonyl (C=S) groups is 1. The lowest BCUT2D eigenvalue weighted by Crippen LogP contribution is -2.10. The van der Waals surface area contributed by atoms with E-state index < -0.39 is 0 Å². The first-order valence-electron chi connectivity index (χ1n) is 4.19. The molecule has 0 aliphatic carbocycles. The molecule has 0 spiro atoms. The van der Waals surface area contributed by atoms with Crippen molar-refractivity contribution in [3.63, 3.8) is 0 Å². The number of halogens is 1. The standard InChI is InChI=1S/C11H10BrNS/c12-8-4-3-6-9-5-1-2-7-10(9)11(13)14/h1-2,5,7H,4,8H2,(H2,13,14). The fourth-order valence-corrected chi connectivity index (χ4v) is 1.39. The van der Waals surface area contributed by atoms with E-state index in [-0.39, 0.29) is 0 Å². The molecule has 1 aromatic carbocycles. The fraction of sp³-hybridized carbons (Fsp3) is 0.182. The second-order valence-electron chi connectivity index (χ2n) is 2.65. The fourth-order valence-electron chi connectivity index (χ4n) is 1.01. The second kappa shape index (κ2) is 5.79. The molecule has 1 nitrogen and oxygen atoms in total. The van der Waals surface area contributed by atoms with Gasteiger partial charge in [0.25, 0.3) is 0 Å². The van der Waals surface area contributed by atoms with E-state index in [0.717, 1.165) is 22.9 Å². The molecule has 1 rings (SSSR count). The van der Waals surface area contributed by atoms with Crippen LogP contribution in [0.1, 0.15) is 17.5 Å². The van der Waals surface area contributed by atoms with Crippen LogP contribution in [0.25, 0.3) is 0 Å². The number of rotatable bonds is 2. The lowest BCUT2D eigenvalue weighted by atomic mass is 10.1. The predicted molar refractivity (Wildman–Crippen MR) is 67.6 cm³/mol. The van der Waals surface area contributed by atoms with Crippen molar-refractivity contribution in [2.45, 2.75) is 6.42 Å². The van der Waals surface area contributed by atoms with Gasteiger partial charge in [-0.05, 0) is 6.07 Å². The molecule has 0 aromatic heterocycles. The summed E-state index contributed by atoms with van der Waals surface area (Å²) in [6.07, 6.45) is 0.825. The van der Waals surface area contributed by atoms with Crippen LogP contribution in [0.4, 0.5) is 0 Å². The maximum Gasteiger partial charge on any atom is 0.105 e. The molecule has 0 unspecified atom stereocenters. The molecule has 3 heteroatoms. The van der Waals surface area contributed by atoms with E-state index in [0.29, 0.717) is 4.99 Å². The minimum atomic E-state index is 0.397. The minimum Gasteiger partial charge on any atom is -0.389 e. The summed E-state index contributed by atoms with van der Waals surface area (Å²) in [5.41, 5.74) is 7.33. The van der Waals surface area contributed by atoms with E-state index in [2.05, 4.69) is 27.8 Å². The Balaban J connectivity index is 2.97. The number of benzene rings is 1. The van der Waals surface area contributed by atoms with Gasteiger partial charge in [0.15, 0.2) is 0 Å². The third kappa shape index (κ3) is 3.13. The molecule has 1 aromatic rings. The first-order chi connectivity index (χ1) is 6.75. The van der Waals surface area contributed by atoms with Crippen molar-refractivity contribution >= 4 is 33.1 Å². The molecule has 14 heavy (non-hydrogen) atoms. The topological polar surface area (TPSA) is 26.0 Å². The SMILES string of the molecule is NC(=S)c1ccccc1C#CCCBr. The van der Waals surface area contributed by atoms with E-state index >= 15 is 0 Å². The van der Waals surface area contributed by atoms with E-state index in [4.69, 9.17) is 18.0 Å². The zero-order valence-electron chi connectivity index (χ0n) is 7.59. The summed E-state index contributed by atoms with van der Waals surface area (Å²) >= 11 is 8.25. The Labute approximate surface area is 97.8 Å². The quantitative estimate of drug-likeness (QED) is 0.506. The number of hydrogen-bond acceptors (Lipinski definition) is 1. The largest absolute Gasteiger partial charge is 0.389 e. The summed E-state index contributed by atoms with van der Waals surface area (Å²) in [6.45, 7) is 0. The molecule has 0 radical (unpaired) electrons. The molecule has 0 saturated carbocycles. The van der Waals surface area contributed by atoms with Crippen LogP contribution in [0.3, 0.4) is 0 Å². The molecule has 0 atom stereocenters. The summed E-state index contributed by atoms with van der Waals surface area (Å²) in [6, 6.07) is 7.65. The highest BCUT2D eigenvalue weighted by Crippen LogP contribution is 2.06. The van der Waals surface area contributed by atoms with Crippen molar-refractivity contribution in [2.75, 3.05) is 5.33 Å². The van der Waals surface area contributed by atoms with Crippen LogP contribution in [-0.2, 0) is 0 Å². The minimum absolute atomic E-state index is 0.397. The van der Waals surface area contributed by atoms with Crippen molar-refractivity contribution in [2.24, 2.45) is 5.73 Å². The van der Waals surface area contributed by atoms with Gasteiger partial charge in [-0.15, -0.1) is 0 Å². The van der Waals surface area contributed by atoms with Gasteiger partial charge in [-0.2, -0.15) is 0 Å². The Hall–Kier alpha value is -0.850. The average Bonchev–Trinajstić information content (AvgIpc) is 2.19. The Morgan fingerprint density at radius 3 is 2.79 bits per heavy atom. The van der Waals surface area contributed by atoms with Crippen LogP contribution in [0.2, 0.25) is 0 Å². The van der Waals surface area contributed by atoms with E-state index in [1.54, 1.807) is 0 Å². The molecule has 0 heterocycles. The summed E-state index contributed by atoms with van der Waals surface area (Å²) in [5, 5.41) is 0.884. The van der Waals surface area contributed by atoms with Gasteiger partial charge < -0.3 is 5.73 Å². The van der Waals surface area contributed by atoms with Crippen molar-refractivity contribution < 1.29 is 0 Å². The highest BCUT2D eigenvalue weighted by atomic mass is 79.9. The number of hydrogen-bond donors (Lipinski definition) is 1. The van der Waals surface area contributed by atoms with E-state index in [1.165, 1.54) is 0 Å². The average molecular weight is 268 g/mol. The van der Waals surface area contributed by atoms with Crippen LogP contribution in [-0.4, -0.2) is 10.3 Å². The molecule has 2 N–H and O–H groups in total. The van der Waals surface area contributed by atoms with Gasteiger partial charge in [0.1, 0.15) is 4.99 Å².